The number of urea groups is 1. The Morgan fingerprint density at radius 1 is 0.667 bits per heavy atom. The molecule has 0 bridgehead atoms. The van der Waals surface area contributed by atoms with E-state index in [1.54, 1.807) is 38.1 Å². The number of hydrogen-bond donors (Lipinski definition) is 8. The molecule has 0 aliphatic rings. The molecule has 0 radical (unpaired) electrons. The van der Waals surface area contributed by atoms with Gasteiger partial charge in [-0.25, -0.2) is 9.59 Å². The van der Waals surface area contributed by atoms with E-state index < -0.39 is 46.7 Å². The SMILES string of the molecule is CC(C)[C@H](NC(=O)CCOCCOCCOCCOCCOCCOCCOCCOCCNSS)C(=O)N[C@@H](CCCNC(N)=O)C(=O)Nc1ccc(COC(=O)[SH](C)C)cc1. The van der Waals surface area contributed by atoms with Gasteiger partial charge in [-0.3, -0.25) is 19.1 Å². The lowest BCUT2D eigenvalue weighted by molar-refractivity contribution is -0.132. The molecule has 0 fully saturated rings. The number of rotatable bonds is 40. The smallest absolute Gasteiger partial charge is 0.346 e. The fourth-order valence-corrected chi connectivity index (χ4v) is 5.75. The molecule has 0 aliphatic carbocycles. The molecule has 0 unspecified atom stereocenters. The Morgan fingerprint density at radius 3 is 1.59 bits per heavy atom. The number of hydrogen-bond acceptors (Lipinski definition) is 17. The molecule has 5 amide bonds. The summed E-state index contributed by atoms with van der Waals surface area (Å²) in [5.74, 6) is -1.72. The van der Waals surface area contributed by atoms with Crippen LogP contribution in [0.5, 0.6) is 0 Å². The Hall–Kier alpha value is -2.94. The lowest BCUT2D eigenvalue weighted by atomic mass is 10.0. The number of nitrogens with one attached hydrogen (secondary N) is 5. The molecular weight excluding hydrogens is 885 g/mol. The lowest BCUT2D eigenvalue weighted by Gasteiger charge is -2.25. The number of nitrogens with two attached hydrogens (primary N) is 1. The van der Waals surface area contributed by atoms with Crippen molar-refractivity contribution in [2.24, 2.45) is 11.7 Å². The summed E-state index contributed by atoms with van der Waals surface area (Å²) < 4.78 is 52.0. The summed E-state index contributed by atoms with van der Waals surface area (Å²) in [6, 6.07) is 4.15. The minimum absolute atomic E-state index is 0.0107. The fourth-order valence-electron chi connectivity index (χ4n) is 4.98. The number of primary amides is 1. The van der Waals surface area contributed by atoms with Crippen molar-refractivity contribution in [3.05, 3.63) is 29.8 Å². The quantitative estimate of drug-likeness (QED) is 0.0154. The van der Waals surface area contributed by atoms with Crippen LogP contribution in [0.2, 0.25) is 0 Å². The average molecular weight is 957 g/mol. The van der Waals surface area contributed by atoms with Crippen molar-refractivity contribution >= 4 is 68.3 Å². The summed E-state index contributed by atoms with van der Waals surface area (Å²) >= 11 is 3.97. The van der Waals surface area contributed by atoms with Crippen molar-refractivity contribution in [1.29, 1.82) is 0 Å². The van der Waals surface area contributed by atoms with E-state index in [-0.39, 0.29) is 50.4 Å². The molecule has 0 saturated carbocycles. The Kier molecular flexibility index (Phi) is 36.3. The zero-order chi connectivity index (χ0) is 46.3. The molecule has 1 aromatic rings. The third-order valence-electron chi connectivity index (χ3n) is 8.31. The maximum absolute atomic E-state index is 13.4. The van der Waals surface area contributed by atoms with Crippen molar-refractivity contribution < 1.29 is 66.6 Å². The van der Waals surface area contributed by atoms with Crippen LogP contribution in [-0.2, 0) is 63.6 Å². The lowest BCUT2D eigenvalue weighted by Crippen LogP contribution is -2.54. The van der Waals surface area contributed by atoms with Gasteiger partial charge in [-0.1, -0.05) is 37.6 Å². The monoisotopic (exact) mass is 956 g/mol. The minimum atomic E-state index is -0.992. The van der Waals surface area contributed by atoms with E-state index in [0.717, 1.165) is 12.1 Å². The van der Waals surface area contributed by atoms with Crippen LogP contribution in [0.1, 0.15) is 38.7 Å². The first-order valence-corrected chi connectivity index (χ1v) is 25.1. The van der Waals surface area contributed by atoms with Gasteiger partial charge < -0.3 is 69.6 Å². The van der Waals surface area contributed by atoms with Gasteiger partial charge in [0.1, 0.15) is 18.7 Å². The van der Waals surface area contributed by atoms with Crippen molar-refractivity contribution in [1.82, 2.24) is 20.7 Å². The van der Waals surface area contributed by atoms with E-state index in [4.69, 9.17) is 48.4 Å². The van der Waals surface area contributed by atoms with Gasteiger partial charge >= 0.3 is 11.3 Å². The van der Waals surface area contributed by atoms with Gasteiger partial charge in [-0.05, 0) is 59.9 Å². The third kappa shape index (κ3) is 33.2. The van der Waals surface area contributed by atoms with Crippen LogP contribution in [0.15, 0.2) is 24.3 Å². The van der Waals surface area contributed by atoms with Crippen molar-refractivity contribution in [3.8, 4) is 0 Å². The zero-order valence-electron chi connectivity index (χ0n) is 37.2. The molecule has 0 aromatic heterocycles. The third-order valence-corrected chi connectivity index (χ3v) is 9.89. The number of carbonyl (C=O) groups excluding carboxylic acids is 5. The zero-order valence-corrected chi connectivity index (χ0v) is 39.8. The molecule has 1 aromatic carbocycles. The number of benzene rings is 1. The Bertz CT molecular complexity index is 1370. The van der Waals surface area contributed by atoms with Gasteiger partial charge in [0, 0.05) is 25.2 Å². The molecule has 0 heterocycles. The Morgan fingerprint density at radius 2 is 1.14 bits per heavy atom. The second-order valence-corrected chi connectivity index (χ2v) is 17.2. The van der Waals surface area contributed by atoms with E-state index in [1.807, 2.05) is 12.5 Å². The summed E-state index contributed by atoms with van der Waals surface area (Å²) in [5.41, 5.74) is 6.38. The van der Waals surface area contributed by atoms with Crippen molar-refractivity contribution in [3.63, 3.8) is 0 Å². The first-order valence-electron chi connectivity index (χ1n) is 21.0. The number of ether oxygens (including phenoxy) is 9. The predicted octanol–water partition coefficient (Wildman–Crippen LogP) is 2.20. The van der Waals surface area contributed by atoms with Crippen LogP contribution in [0.25, 0.3) is 0 Å². The average Bonchev–Trinajstić information content (AvgIpc) is 3.25. The first-order chi connectivity index (χ1) is 30.4. The molecule has 364 valence electrons. The van der Waals surface area contributed by atoms with E-state index in [0.29, 0.717) is 105 Å². The van der Waals surface area contributed by atoms with Gasteiger partial charge in [0.2, 0.25) is 17.7 Å². The number of amides is 5. The summed E-state index contributed by atoms with van der Waals surface area (Å²) in [7, 11) is 0.403. The molecular formula is C40H72N6O14S3. The number of anilines is 1. The molecule has 7 N–H and O–H groups in total. The highest BCUT2D eigenvalue weighted by Gasteiger charge is 2.29. The molecule has 23 heteroatoms. The van der Waals surface area contributed by atoms with Gasteiger partial charge in [0.05, 0.1) is 106 Å². The first kappa shape index (κ1) is 58.1. The highest BCUT2D eigenvalue weighted by atomic mass is 33.1. The largest absolute Gasteiger partial charge is 0.454 e. The number of carbonyl (C=O) groups is 5. The number of thiol groups is 2. The second kappa shape index (κ2) is 39.4. The van der Waals surface area contributed by atoms with Crippen LogP contribution >= 0.6 is 33.5 Å². The molecule has 1 rings (SSSR count). The Labute approximate surface area is 384 Å². The summed E-state index contributed by atoms with van der Waals surface area (Å²) in [5, 5.41) is 10.5. The van der Waals surface area contributed by atoms with Crippen LogP contribution in [-0.4, -0.2) is 172 Å². The van der Waals surface area contributed by atoms with Gasteiger partial charge in [0.25, 0.3) is 0 Å². The summed E-state index contributed by atoms with van der Waals surface area (Å²) in [6.07, 6.45) is 4.15. The van der Waals surface area contributed by atoms with Gasteiger partial charge in [-0.2, -0.15) is 10.9 Å². The molecule has 0 saturated heterocycles. The predicted molar refractivity (Wildman–Crippen MR) is 247 cm³/mol. The van der Waals surface area contributed by atoms with E-state index in [2.05, 4.69) is 37.7 Å². The molecule has 63 heavy (non-hydrogen) atoms. The fraction of sp³-hybridized carbons (Fsp3) is 0.725. The van der Waals surface area contributed by atoms with Crippen molar-refractivity contribution in [2.75, 3.05) is 137 Å². The highest BCUT2D eigenvalue weighted by molar-refractivity contribution is 8.67. The van der Waals surface area contributed by atoms with E-state index in [9.17, 15) is 24.0 Å². The normalized spacial score (nSPS) is 12.4. The Balaban J connectivity index is 2.22. The summed E-state index contributed by atoms with van der Waals surface area (Å²) in [6.45, 7) is 11.4. The molecule has 0 spiro atoms. The molecule has 2 atom stereocenters. The molecule has 20 nitrogen and oxygen atoms in total. The van der Waals surface area contributed by atoms with Crippen LogP contribution in [0.4, 0.5) is 15.3 Å². The second-order valence-electron chi connectivity index (χ2n) is 14.1. The van der Waals surface area contributed by atoms with E-state index >= 15 is 0 Å². The van der Waals surface area contributed by atoms with Crippen LogP contribution in [0.3, 0.4) is 0 Å². The maximum Gasteiger partial charge on any atom is 0.346 e. The highest BCUT2D eigenvalue weighted by Crippen LogP contribution is 2.19. The van der Waals surface area contributed by atoms with Crippen LogP contribution in [0, 0.1) is 5.92 Å². The topological polar surface area (TPSA) is 255 Å². The van der Waals surface area contributed by atoms with Crippen LogP contribution < -0.4 is 31.7 Å². The van der Waals surface area contributed by atoms with Gasteiger partial charge in [-0.15, -0.1) is 0 Å². The molecule has 0 aliphatic heterocycles. The van der Waals surface area contributed by atoms with E-state index in [1.165, 1.54) is 11.0 Å². The maximum atomic E-state index is 13.4. The minimum Gasteiger partial charge on any atom is -0.454 e. The summed E-state index contributed by atoms with van der Waals surface area (Å²) in [4.78, 5) is 62.5. The standard InChI is InChI=1S/C40H72N6O14S3/c1-31(2)36(38(49)45-34(6-5-12-42-39(41)50)37(48)44-33-9-7-32(8-10-33)30-60-40(51)63(3)4)46-35(47)11-14-52-16-18-54-20-22-56-24-26-58-28-29-59-27-25-57-23-21-55-19-17-53-15-13-43-62-61/h7-10,31,34,36,43,61,63H,5-6,11-30H2,1-4H3,(H,44,48)(H,45,49)(H,46,47)(H3,41,42,50)/t34-,36-/m0/s1. The van der Waals surface area contributed by atoms with Crippen molar-refractivity contribution in [2.45, 2.75) is 51.8 Å². The van der Waals surface area contributed by atoms with Gasteiger partial charge in [0.15, 0.2) is 0 Å².